The molecular weight excluding hydrogens is 289 g/mol. The molecule has 0 amide bonds. The Balaban J connectivity index is 2.08. The van der Waals surface area contributed by atoms with E-state index in [2.05, 4.69) is 20.5 Å². The quantitative estimate of drug-likeness (QED) is 0.863. The molecule has 0 aliphatic heterocycles. The number of nitrogens with one attached hydrogen (secondary N) is 1. The first-order valence-electron chi connectivity index (χ1n) is 6.07. The van der Waals surface area contributed by atoms with Crippen LogP contribution in [0, 0.1) is 0 Å². The van der Waals surface area contributed by atoms with Crippen molar-refractivity contribution in [2.45, 2.75) is 19.5 Å². The van der Waals surface area contributed by atoms with Gasteiger partial charge in [-0.25, -0.2) is 0 Å². The first kappa shape index (κ1) is 14.9. The van der Waals surface area contributed by atoms with Crippen molar-refractivity contribution in [3.8, 4) is 10.7 Å². The van der Waals surface area contributed by atoms with Crippen LogP contribution in [0.15, 0.2) is 18.3 Å². The number of likely N-dealkylation sites (N-methyl/N-ethyl adjacent to an activating group) is 1. The van der Waals surface area contributed by atoms with Crippen molar-refractivity contribution < 1.29 is 13.2 Å². The highest BCUT2D eigenvalue weighted by molar-refractivity contribution is 7.14. The number of nitrogens with zero attached hydrogens (tertiary/aromatic N) is 3. The fourth-order valence-electron chi connectivity index (χ4n) is 1.52. The van der Waals surface area contributed by atoms with Gasteiger partial charge in [0.2, 0.25) is 0 Å². The molecule has 1 N–H and O–H groups in total. The molecule has 20 heavy (non-hydrogen) atoms. The molecule has 0 radical (unpaired) electrons. The fourth-order valence-corrected chi connectivity index (χ4v) is 2.33. The maximum absolute atomic E-state index is 12.4. The highest BCUT2D eigenvalue weighted by Crippen LogP contribution is 2.30. The van der Waals surface area contributed by atoms with Crippen LogP contribution >= 0.6 is 11.3 Å². The van der Waals surface area contributed by atoms with Gasteiger partial charge < -0.3 is 5.32 Å². The van der Waals surface area contributed by atoms with E-state index in [-0.39, 0.29) is 0 Å². The third kappa shape index (κ3) is 3.73. The van der Waals surface area contributed by atoms with Gasteiger partial charge in [0.25, 0.3) is 0 Å². The van der Waals surface area contributed by atoms with Crippen molar-refractivity contribution in [1.29, 1.82) is 0 Å². The second-order valence-electron chi connectivity index (χ2n) is 4.03. The molecule has 108 valence electrons. The Kier molecular flexibility index (Phi) is 4.66. The van der Waals surface area contributed by atoms with Crippen LogP contribution in [-0.2, 0) is 12.6 Å². The number of alkyl halides is 3. The van der Waals surface area contributed by atoms with E-state index in [1.165, 1.54) is 17.4 Å². The van der Waals surface area contributed by atoms with Crippen LogP contribution in [0.3, 0.4) is 0 Å². The zero-order chi connectivity index (χ0) is 14.6. The molecule has 0 spiro atoms. The van der Waals surface area contributed by atoms with Crippen molar-refractivity contribution in [2.75, 3.05) is 13.1 Å². The number of pyridine rings is 1. The number of rotatable bonds is 5. The van der Waals surface area contributed by atoms with Crippen molar-refractivity contribution in [3.05, 3.63) is 28.9 Å². The van der Waals surface area contributed by atoms with Crippen molar-refractivity contribution in [3.63, 3.8) is 0 Å². The van der Waals surface area contributed by atoms with Gasteiger partial charge in [0.1, 0.15) is 10.7 Å². The standard InChI is InChI=1S/C12H13F3N4S/c1-2-16-6-5-10-18-19-11(20-10)9-4-3-8(7-17-9)12(13,14)15/h3-4,7,16H,2,5-6H2,1H3. The molecule has 0 aromatic carbocycles. The Morgan fingerprint density at radius 2 is 2.05 bits per heavy atom. The summed E-state index contributed by atoms with van der Waals surface area (Å²) in [5.74, 6) is 0. The van der Waals surface area contributed by atoms with Crippen molar-refractivity contribution in [1.82, 2.24) is 20.5 Å². The predicted octanol–water partition coefficient (Wildman–Crippen LogP) is 2.77. The molecule has 4 nitrogen and oxygen atoms in total. The topological polar surface area (TPSA) is 50.7 Å². The lowest BCUT2D eigenvalue weighted by atomic mass is 10.2. The zero-order valence-corrected chi connectivity index (χ0v) is 11.6. The summed E-state index contributed by atoms with van der Waals surface area (Å²) in [6.07, 6.45) is -2.81. The number of aromatic nitrogens is 3. The molecule has 0 unspecified atom stereocenters. The molecule has 0 saturated heterocycles. The lowest BCUT2D eigenvalue weighted by Crippen LogP contribution is -2.15. The van der Waals surface area contributed by atoms with Gasteiger partial charge in [0.05, 0.1) is 5.56 Å². The predicted molar refractivity (Wildman–Crippen MR) is 70.4 cm³/mol. The molecule has 0 aliphatic carbocycles. The molecule has 0 saturated carbocycles. The van der Waals surface area contributed by atoms with Gasteiger partial charge in [0.15, 0.2) is 5.01 Å². The van der Waals surface area contributed by atoms with E-state index in [1.54, 1.807) is 0 Å². The monoisotopic (exact) mass is 302 g/mol. The summed E-state index contributed by atoms with van der Waals surface area (Å²) in [5.41, 5.74) is -0.358. The molecular formula is C12H13F3N4S. The highest BCUT2D eigenvalue weighted by atomic mass is 32.1. The van der Waals surface area contributed by atoms with Crippen LogP contribution in [0.5, 0.6) is 0 Å². The summed E-state index contributed by atoms with van der Waals surface area (Å²) in [7, 11) is 0. The maximum Gasteiger partial charge on any atom is 0.417 e. The van der Waals surface area contributed by atoms with Crippen LogP contribution in [0.4, 0.5) is 13.2 Å². The summed E-state index contributed by atoms with van der Waals surface area (Å²) >= 11 is 1.34. The van der Waals surface area contributed by atoms with E-state index >= 15 is 0 Å². The lowest BCUT2D eigenvalue weighted by molar-refractivity contribution is -0.137. The van der Waals surface area contributed by atoms with E-state index in [1.807, 2.05) is 6.92 Å². The minimum absolute atomic E-state index is 0.408. The second kappa shape index (κ2) is 6.27. The van der Waals surface area contributed by atoms with Gasteiger partial charge in [-0.3, -0.25) is 4.98 Å². The fraction of sp³-hybridized carbons (Fsp3) is 0.417. The average molecular weight is 302 g/mol. The van der Waals surface area contributed by atoms with Gasteiger partial charge in [-0.05, 0) is 18.7 Å². The molecule has 2 rings (SSSR count). The van der Waals surface area contributed by atoms with E-state index in [9.17, 15) is 13.2 Å². The molecule has 0 atom stereocenters. The molecule has 2 heterocycles. The number of hydrogen-bond acceptors (Lipinski definition) is 5. The van der Waals surface area contributed by atoms with Gasteiger partial charge >= 0.3 is 6.18 Å². The van der Waals surface area contributed by atoms with E-state index in [4.69, 9.17) is 0 Å². The summed E-state index contributed by atoms with van der Waals surface area (Å²) in [5, 5.41) is 12.5. The molecule has 0 aliphatic rings. The summed E-state index contributed by atoms with van der Waals surface area (Å²) in [6, 6.07) is 2.32. The van der Waals surface area contributed by atoms with Crippen LogP contribution in [0.1, 0.15) is 17.5 Å². The number of halogens is 3. The van der Waals surface area contributed by atoms with E-state index in [0.717, 1.165) is 36.8 Å². The Hall–Kier alpha value is -1.54. The summed E-state index contributed by atoms with van der Waals surface area (Å²) < 4.78 is 37.3. The minimum atomic E-state index is -4.37. The SMILES string of the molecule is CCNCCc1nnc(-c2ccc(C(F)(F)F)cn2)s1. The van der Waals surface area contributed by atoms with E-state index in [0.29, 0.717) is 10.7 Å². The van der Waals surface area contributed by atoms with Crippen molar-refractivity contribution >= 4 is 11.3 Å². The largest absolute Gasteiger partial charge is 0.417 e. The normalized spacial score (nSPS) is 11.8. The lowest BCUT2D eigenvalue weighted by Gasteiger charge is -2.05. The first-order valence-corrected chi connectivity index (χ1v) is 6.89. The van der Waals surface area contributed by atoms with Gasteiger partial charge in [0, 0.05) is 19.2 Å². The maximum atomic E-state index is 12.4. The Morgan fingerprint density at radius 3 is 2.65 bits per heavy atom. The molecule has 0 bridgehead atoms. The van der Waals surface area contributed by atoms with Gasteiger partial charge in [-0.2, -0.15) is 13.2 Å². The van der Waals surface area contributed by atoms with Crippen LogP contribution in [0.2, 0.25) is 0 Å². The average Bonchev–Trinajstić information content (AvgIpc) is 2.87. The third-order valence-corrected chi connectivity index (χ3v) is 3.55. The van der Waals surface area contributed by atoms with Gasteiger partial charge in [-0.15, -0.1) is 10.2 Å². The smallest absolute Gasteiger partial charge is 0.317 e. The van der Waals surface area contributed by atoms with E-state index < -0.39 is 11.7 Å². The first-order chi connectivity index (χ1) is 9.50. The summed E-state index contributed by atoms with van der Waals surface area (Å²) in [4.78, 5) is 3.80. The van der Waals surface area contributed by atoms with Gasteiger partial charge in [-0.1, -0.05) is 18.3 Å². The van der Waals surface area contributed by atoms with Crippen LogP contribution < -0.4 is 5.32 Å². The molecule has 2 aromatic rings. The molecule has 2 aromatic heterocycles. The minimum Gasteiger partial charge on any atom is -0.317 e. The van der Waals surface area contributed by atoms with Crippen molar-refractivity contribution in [2.24, 2.45) is 0 Å². The zero-order valence-electron chi connectivity index (χ0n) is 10.7. The Labute approximate surface area is 118 Å². The third-order valence-electron chi connectivity index (χ3n) is 2.54. The van der Waals surface area contributed by atoms with Crippen LogP contribution in [0.25, 0.3) is 10.7 Å². The van der Waals surface area contributed by atoms with Crippen LogP contribution in [-0.4, -0.2) is 28.3 Å². The molecule has 8 heteroatoms. The highest BCUT2D eigenvalue weighted by Gasteiger charge is 2.30. The number of hydrogen-bond donors (Lipinski definition) is 1. The Morgan fingerprint density at radius 1 is 1.25 bits per heavy atom. The second-order valence-corrected chi connectivity index (χ2v) is 5.10. The summed E-state index contributed by atoms with van der Waals surface area (Å²) in [6.45, 7) is 3.69. The Bertz CT molecular complexity index is 551. The molecule has 0 fully saturated rings.